The van der Waals surface area contributed by atoms with Crippen LogP contribution in [0.25, 0.3) is 0 Å². The molecule has 0 aliphatic rings. The Hall–Kier alpha value is 0.870. The van der Waals surface area contributed by atoms with Crippen molar-refractivity contribution in [3.63, 3.8) is 0 Å². The van der Waals surface area contributed by atoms with Crippen LogP contribution in [0.1, 0.15) is 206 Å². The van der Waals surface area contributed by atoms with Gasteiger partial charge in [-0.25, -0.2) is 8.42 Å². The first-order valence-corrected chi connectivity index (χ1v) is 18.9. The first-order chi connectivity index (χ1) is 19.0. The molecule has 1 unspecified atom stereocenters. The van der Waals surface area contributed by atoms with Crippen LogP contribution in [0.4, 0.5) is 0 Å². The quantitative estimate of drug-likeness (QED) is 0.0329. The van der Waals surface area contributed by atoms with E-state index in [0.717, 1.165) is 25.7 Å². The molecule has 0 heterocycles. The van der Waals surface area contributed by atoms with Gasteiger partial charge in [0.15, 0.2) is 0 Å². The van der Waals surface area contributed by atoms with E-state index in [1.165, 1.54) is 167 Å². The summed E-state index contributed by atoms with van der Waals surface area (Å²) in [6, 6.07) is 0. The van der Waals surface area contributed by atoms with Crippen molar-refractivity contribution in [1.29, 1.82) is 0 Å². The Kier molecular flexibility index (Phi) is 36.9. The van der Waals surface area contributed by atoms with Crippen molar-refractivity contribution in [3.8, 4) is 0 Å². The first-order valence-electron chi connectivity index (χ1n) is 17.6. The maximum Gasteiger partial charge on any atom is 1.00 e. The van der Waals surface area contributed by atoms with Crippen molar-refractivity contribution in [2.45, 2.75) is 206 Å². The third-order valence-corrected chi connectivity index (χ3v) is 8.80. The summed E-state index contributed by atoms with van der Waals surface area (Å²) in [6.07, 6.45) is 39.6. The Balaban J connectivity index is 0. The average Bonchev–Trinajstić information content (AvgIpc) is 2.91. The number of unbranched alkanes of at least 4 members (excludes halogenated alkanes) is 26. The van der Waals surface area contributed by atoms with Gasteiger partial charge in [-0.3, -0.25) is 4.18 Å². The molecule has 0 aliphatic carbocycles. The normalized spacial score (nSPS) is 12.5. The Labute approximate surface area is 274 Å². The van der Waals surface area contributed by atoms with E-state index in [4.69, 9.17) is 0 Å². The molecule has 0 rings (SSSR count). The fourth-order valence-electron chi connectivity index (χ4n) is 5.75. The number of hydrogen-bond acceptors (Lipinski definition) is 4. The molecule has 1 atom stereocenters. The van der Waals surface area contributed by atoms with Crippen LogP contribution in [0.5, 0.6) is 0 Å². The van der Waals surface area contributed by atoms with Crippen molar-refractivity contribution in [2.75, 3.05) is 6.61 Å². The summed E-state index contributed by atoms with van der Waals surface area (Å²) < 4.78 is 37.5. The number of rotatable bonds is 33. The van der Waals surface area contributed by atoms with Gasteiger partial charge in [0.2, 0.25) is 10.4 Å². The van der Waals surface area contributed by atoms with Crippen LogP contribution >= 0.6 is 0 Å². The standard InChI is InChI=1S/C34H70O4S.Na/c1-3-5-7-9-11-13-15-16-17-18-19-20-21-22-24-26-28-30-32-34(33-38-39(35,36)37)31-29-27-25-23-14-12-10-8-6-4-2;/h34H,3-33H2,1-2H3,(H,35,36,37);/q;+1/p-1. The summed E-state index contributed by atoms with van der Waals surface area (Å²) in [5, 5.41) is 0. The van der Waals surface area contributed by atoms with Crippen molar-refractivity contribution in [3.05, 3.63) is 0 Å². The molecule has 0 saturated heterocycles. The first kappa shape index (κ1) is 43.0. The van der Waals surface area contributed by atoms with Gasteiger partial charge in [0.25, 0.3) is 0 Å². The fourth-order valence-corrected chi connectivity index (χ4v) is 6.10. The molecule has 0 bridgehead atoms. The maximum absolute atomic E-state index is 10.9. The Morgan fingerprint density at radius 3 is 0.900 bits per heavy atom. The van der Waals surface area contributed by atoms with E-state index >= 15 is 0 Å². The van der Waals surface area contributed by atoms with E-state index in [9.17, 15) is 13.0 Å². The van der Waals surface area contributed by atoms with Crippen LogP contribution in [0, 0.1) is 5.92 Å². The molecule has 0 aromatic carbocycles. The Morgan fingerprint density at radius 2 is 0.675 bits per heavy atom. The maximum atomic E-state index is 10.9. The molecule has 0 N–H and O–H groups in total. The topological polar surface area (TPSA) is 66.4 Å². The number of hydrogen-bond donors (Lipinski definition) is 0. The molecular weight excluding hydrogens is 527 g/mol. The van der Waals surface area contributed by atoms with E-state index in [-0.39, 0.29) is 42.1 Å². The van der Waals surface area contributed by atoms with Crippen LogP contribution in [-0.4, -0.2) is 19.6 Å². The molecule has 0 aromatic heterocycles. The molecule has 4 nitrogen and oxygen atoms in total. The summed E-state index contributed by atoms with van der Waals surface area (Å²) >= 11 is 0. The molecule has 0 aliphatic heterocycles. The van der Waals surface area contributed by atoms with Gasteiger partial charge in [-0.15, -0.1) is 0 Å². The second-order valence-corrected chi connectivity index (χ2v) is 13.4. The zero-order valence-corrected chi connectivity index (χ0v) is 30.4. The second kappa shape index (κ2) is 34.4. The van der Waals surface area contributed by atoms with Gasteiger partial charge in [-0.1, -0.05) is 194 Å². The smallest absolute Gasteiger partial charge is 0.726 e. The van der Waals surface area contributed by atoms with Gasteiger partial charge in [0.05, 0.1) is 6.61 Å². The van der Waals surface area contributed by atoms with Crippen LogP contribution in [0.3, 0.4) is 0 Å². The van der Waals surface area contributed by atoms with Crippen LogP contribution in [0.2, 0.25) is 0 Å². The minimum absolute atomic E-state index is 0. The SMILES string of the molecule is CCCCCCCCCCCCCCCCCCCCC(CCCCCCCCCCCC)COS(=O)(=O)[O-].[Na+]. The zero-order valence-electron chi connectivity index (χ0n) is 27.5. The Morgan fingerprint density at radius 1 is 0.450 bits per heavy atom. The molecule has 6 heteroatoms. The van der Waals surface area contributed by atoms with E-state index in [1.54, 1.807) is 0 Å². The van der Waals surface area contributed by atoms with Gasteiger partial charge >= 0.3 is 29.6 Å². The van der Waals surface area contributed by atoms with Crippen LogP contribution in [-0.2, 0) is 14.6 Å². The predicted octanol–water partition coefficient (Wildman–Crippen LogP) is 8.83. The van der Waals surface area contributed by atoms with E-state index in [1.807, 2.05) is 0 Å². The van der Waals surface area contributed by atoms with Gasteiger partial charge < -0.3 is 4.55 Å². The van der Waals surface area contributed by atoms with Gasteiger partial charge in [-0.05, 0) is 18.8 Å². The molecule has 0 radical (unpaired) electrons. The molecule has 236 valence electrons. The summed E-state index contributed by atoms with van der Waals surface area (Å²) in [7, 11) is -4.58. The van der Waals surface area contributed by atoms with E-state index < -0.39 is 10.4 Å². The summed E-state index contributed by atoms with van der Waals surface area (Å²) in [5.74, 6) is 0.198. The van der Waals surface area contributed by atoms with E-state index in [2.05, 4.69) is 18.0 Å². The molecule has 0 saturated carbocycles. The largest absolute Gasteiger partial charge is 1.00 e. The summed E-state index contributed by atoms with van der Waals surface area (Å²) in [6.45, 7) is 4.61. The predicted molar refractivity (Wildman–Crippen MR) is 169 cm³/mol. The Bertz CT molecular complexity index is 570. The third-order valence-electron chi connectivity index (χ3n) is 8.38. The van der Waals surface area contributed by atoms with Crippen LogP contribution < -0.4 is 29.6 Å². The van der Waals surface area contributed by atoms with Crippen molar-refractivity contribution < 1.29 is 46.7 Å². The van der Waals surface area contributed by atoms with Crippen molar-refractivity contribution in [1.82, 2.24) is 0 Å². The van der Waals surface area contributed by atoms with Gasteiger partial charge in [0.1, 0.15) is 0 Å². The molecule has 0 aromatic rings. The van der Waals surface area contributed by atoms with Crippen molar-refractivity contribution in [2.24, 2.45) is 5.92 Å². The third kappa shape index (κ3) is 36.9. The fraction of sp³-hybridized carbons (Fsp3) is 1.00. The molecular formula is C34H69NaO4S. The molecule has 40 heavy (non-hydrogen) atoms. The van der Waals surface area contributed by atoms with Gasteiger partial charge in [-0.2, -0.15) is 0 Å². The second-order valence-electron chi connectivity index (χ2n) is 12.3. The average molecular weight is 597 g/mol. The summed E-state index contributed by atoms with van der Waals surface area (Å²) in [4.78, 5) is 0. The molecule has 0 spiro atoms. The summed E-state index contributed by atoms with van der Waals surface area (Å²) in [5.41, 5.74) is 0. The van der Waals surface area contributed by atoms with Gasteiger partial charge in [0, 0.05) is 0 Å². The monoisotopic (exact) mass is 596 g/mol. The minimum Gasteiger partial charge on any atom is -0.726 e. The molecule has 0 fully saturated rings. The minimum atomic E-state index is -4.58. The zero-order chi connectivity index (χ0) is 28.7. The molecule has 0 amide bonds. The van der Waals surface area contributed by atoms with Crippen LogP contribution in [0.15, 0.2) is 0 Å². The van der Waals surface area contributed by atoms with Crippen molar-refractivity contribution >= 4 is 10.4 Å². The van der Waals surface area contributed by atoms with E-state index in [0.29, 0.717) is 0 Å².